The molecule has 7 heteroatoms. The molecule has 5 nitrogen and oxygen atoms in total. The highest BCUT2D eigenvalue weighted by Gasteiger charge is 2.27. The zero-order valence-corrected chi connectivity index (χ0v) is 10.8. The number of hydrogen-bond donors (Lipinski definition) is 3. The number of rotatable bonds is 2. The Hall–Kier alpha value is -1.47. The molecule has 0 amide bonds. The Morgan fingerprint density at radius 3 is 2.79 bits per heavy atom. The second-order valence-corrected chi connectivity index (χ2v) is 5.11. The molecule has 0 saturated carbocycles. The Kier molecular flexibility index (Phi) is 3.86. The van der Waals surface area contributed by atoms with Gasteiger partial charge in [-0.3, -0.25) is 0 Å². The van der Waals surface area contributed by atoms with Crippen molar-refractivity contribution in [2.75, 3.05) is 23.4 Å². The van der Waals surface area contributed by atoms with E-state index in [-0.39, 0.29) is 11.6 Å². The van der Waals surface area contributed by atoms with Crippen LogP contribution in [-0.2, 0) is 0 Å². The minimum absolute atomic E-state index is 0.0621. The van der Waals surface area contributed by atoms with E-state index in [2.05, 4.69) is 10.4 Å². The van der Waals surface area contributed by atoms with E-state index in [0.717, 1.165) is 12.5 Å². The van der Waals surface area contributed by atoms with Gasteiger partial charge in [0.15, 0.2) is 23.3 Å². The number of aromatic nitrogens is 1. The number of pyridine rings is 1. The van der Waals surface area contributed by atoms with Gasteiger partial charge in [0.1, 0.15) is 0 Å². The van der Waals surface area contributed by atoms with E-state index in [0.29, 0.717) is 25.9 Å². The van der Waals surface area contributed by atoms with Gasteiger partial charge < -0.3 is 15.4 Å². The molecule has 1 aliphatic rings. The maximum atomic E-state index is 13.8. The number of halogens is 2. The minimum atomic E-state index is -0.828. The van der Waals surface area contributed by atoms with E-state index in [9.17, 15) is 13.9 Å². The number of nitrogens with zero attached hydrogens (tertiary/aromatic N) is 2. The third-order valence-electron chi connectivity index (χ3n) is 3.41. The second-order valence-electron chi connectivity index (χ2n) is 5.11. The molecule has 0 aliphatic carbocycles. The lowest BCUT2D eigenvalue weighted by atomic mass is 9.98. The summed E-state index contributed by atoms with van der Waals surface area (Å²) >= 11 is 0. The number of nitrogens with one attached hydrogen (secondary N) is 1. The first-order valence-corrected chi connectivity index (χ1v) is 6.23. The van der Waals surface area contributed by atoms with Crippen molar-refractivity contribution in [3.8, 4) is 0 Å². The summed E-state index contributed by atoms with van der Waals surface area (Å²) in [6.45, 7) is 2.79. The van der Waals surface area contributed by atoms with Crippen LogP contribution in [0.25, 0.3) is 0 Å². The number of aliphatic hydroxyl groups is 1. The van der Waals surface area contributed by atoms with Crippen LogP contribution in [0.15, 0.2) is 6.07 Å². The Morgan fingerprint density at radius 1 is 1.37 bits per heavy atom. The molecule has 0 bridgehead atoms. The molecule has 19 heavy (non-hydrogen) atoms. The van der Waals surface area contributed by atoms with Crippen molar-refractivity contribution < 1.29 is 13.9 Å². The van der Waals surface area contributed by atoms with Gasteiger partial charge in [-0.2, -0.15) is 0 Å². The standard InChI is InChI=1S/C12H18F2N4O/c1-12(19)3-2-5-18(6-4-12)11-9(14)7-8(13)10(16-11)17-15/h7,19H,2-6,15H2,1H3,(H,16,17). The highest BCUT2D eigenvalue weighted by atomic mass is 19.1. The smallest absolute Gasteiger partial charge is 0.178 e. The Labute approximate surface area is 110 Å². The first kappa shape index (κ1) is 14.0. The van der Waals surface area contributed by atoms with Gasteiger partial charge in [-0.15, -0.1) is 0 Å². The molecule has 0 radical (unpaired) electrons. The maximum Gasteiger partial charge on any atom is 0.178 e. The monoisotopic (exact) mass is 272 g/mol. The zero-order chi connectivity index (χ0) is 14.0. The molecule has 0 aromatic carbocycles. The summed E-state index contributed by atoms with van der Waals surface area (Å²) in [5.74, 6) is 3.46. The molecule has 1 aromatic heterocycles. The molecular formula is C12H18F2N4O. The van der Waals surface area contributed by atoms with Gasteiger partial charge in [-0.25, -0.2) is 19.6 Å². The minimum Gasteiger partial charge on any atom is -0.390 e. The van der Waals surface area contributed by atoms with Gasteiger partial charge in [0.05, 0.1) is 5.60 Å². The van der Waals surface area contributed by atoms with Crippen LogP contribution in [0.5, 0.6) is 0 Å². The molecule has 1 saturated heterocycles. The lowest BCUT2D eigenvalue weighted by Gasteiger charge is -2.24. The summed E-state index contributed by atoms with van der Waals surface area (Å²) in [7, 11) is 0. The number of nitrogens with two attached hydrogens (primary N) is 1. The van der Waals surface area contributed by atoms with Crippen molar-refractivity contribution in [3.63, 3.8) is 0 Å². The van der Waals surface area contributed by atoms with Gasteiger partial charge >= 0.3 is 0 Å². The predicted octanol–water partition coefficient (Wildman–Crippen LogP) is 1.39. The first-order valence-electron chi connectivity index (χ1n) is 6.23. The van der Waals surface area contributed by atoms with Crippen LogP contribution in [-0.4, -0.2) is 28.8 Å². The fourth-order valence-electron chi connectivity index (χ4n) is 2.26. The fraction of sp³-hybridized carbons (Fsp3) is 0.583. The Balaban J connectivity index is 2.26. The summed E-state index contributed by atoms with van der Waals surface area (Å²) in [5.41, 5.74) is 1.36. The number of anilines is 2. The molecule has 1 fully saturated rings. The topological polar surface area (TPSA) is 74.4 Å². The van der Waals surface area contributed by atoms with Gasteiger partial charge in [0.25, 0.3) is 0 Å². The van der Waals surface area contributed by atoms with E-state index in [1.807, 2.05) is 0 Å². The van der Waals surface area contributed by atoms with E-state index in [1.165, 1.54) is 0 Å². The third-order valence-corrected chi connectivity index (χ3v) is 3.41. The summed E-state index contributed by atoms with van der Waals surface area (Å²) in [6, 6.07) is 0.764. The Bertz CT molecular complexity index is 467. The van der Waals surface area contributed by atoms with Crippen LogP contribution in [0, 0.1) is 11.6 Å². The van der Waals surface area contributed by atoms with Crippen molar-refractivity contribution in [3.05, 3.63) is 17.7 Å². The van der Waals surface area contributed by atoms with E-state index in [4.69, 9.17) is 5.84 Å². The van der Waals surface area contributed by atoms with Crippen molar-refractivity contribution in [1.29, 1.82) is 0 Å². The van der Waals surface area contributed by atoms with Crippen molar-refractivity contribution in [2.24, 2.45) is 5.84 Å². The molecule has 106 valence electrons. The Morgan fingerprint density at radius 2 is 2.11 bits per heavy atom. The molecule has 1 aliphatic heterocycles. The number of nitrogen functional groups attached to an aromatic ring is 1. The van der Waals surface area contributed by atoms with E-state index >= 15 is 0 Å². The summed E-state index contributed by atoms with van der Waals surface area (Å²) in [5, 5.41) is 10.0. The second kappa shape index (κ2) is 5.26. The summed E-state index contributed by atoms with van der Waals surface area (Å²) < 4.78 is 27.1. The highest BCUT2D eigenvalue weighted by molar-refractivity contribution is 5.49. The quantitative estimate of drug-likeness (QED) is 0.560. The maximum absolute atomic E-state index is 13.8. The van der Waals surface area contributed by atoms with Crippen LogP contribution in [0.2, 0.25) is 0 Å². The molecule has 0 spiro atoms. The number of hydrogen-bond acceptors (Lipinski definition) is 5. The normalized spacial score (nSPS) is 24.2. The molecule has 1 unspecified atom stereocenters. The molecule has 2 heterocycles. The zero-order valence-electron chi connectivity index (χ0n) is 10.8. The highest BCUT2D eigenvalue weighted by Crippen LogP contribution is 2.27. The van der Waals surface area contributed by atoms with Gasteiger partial charge in [0.2, 0.25) is 0 Å². The summed E-state index contributed by atoms with van der Waals surface area (Å²) in [4.78, 5) is 5.57. The van der Waals surface area contributed by atoms with Crippen LogP contribution in [0.1, 0.15) is 26.2 Å². The van der Waals surface area contributed by atoms with Gasteiger partial charge in [0, 0.05) is 19.2 Å². The third kappa shape index (κ3) is 3.10. The van der Waals surface area contributed by atoms with Crippen LogP contribution in [0.3, 0.4) is 0 Å². The van der Waals surface area contributed by atoms with E-state index in [1.54, 1.807) is 11.8 Å². The average molecular weight is 272 g/mol. The fourth-order valence-corrected chi connectivity index (χ4v) is 2.26. The lowest BCUT2D eigenvalue weighted by molar-refractivity contribution is 0.0481. The lowest BCUT2D eigenvalue weighted by Crippen LogP contribution is -2.30. The molecule has 1 aromatic rings. The first-order chi connectivity index (χ1) is 8.93. The van der Waals surface area contributed by atoms with Gasteiger partial charge in [-0.1, -0.05) is 0 Å². The molecule has 1 atom stereocenters. The molecule has 2 rings (SSSR count). The molecule has 4 N–H and O–H groups in total. The number of hydrazine groups is 1. The van der Waals surface area contributed by atoms with Gasteiger partial charge in [-0.05, 0) is 26.2 Å². The van der Waals surface area contributed by atoms with Crippen molar-refractivity contribution >= 4 is 11.6 Å². The van der Waals surface area contributed by atoms with E-state index < -0.39 is 17.2 Å². The van der Waals surface area contributed by atoms with Crippen molar-refractivity contribution in [2.45, 2.75) is 31.8 Å². The average Bonchev–Trinajstić information content (AvgIpc) is 2.51. The van der Waals surface area contributed by atoms with Crippen molar-refractivity contribution in [1.82, 2.24) is 4.98 Å². The largest absolute Gasteiger partial charge is 0.390 e. The SMILES string of the molecule is CC1(O)CCCN(c2nc(NN)c(F)cc2F)CC1. The molecular weight excluding hydrogens is 254 g/mol. The predicted molar refractivity (Wildman–Crippen MR) is 68.7 cm³/mol. The summed E-state index contributed by atoms with van der Waals surface area (Å²) in [6.07, 6.45) is 1.88. The van der Waals surface area contributed by atoms with Crippen LogP contribution >= 0.6 is 0 Å². The van der Waals surface area contributed by atoms with Crippen LogP contribution < -0.4 is 16.2 Å². The van der Waals surface area contributed by atoms with Crippen LogP contribution in [0.4, 0.5) is 20.4 Å².